The van der Waals surface area contributed by atoms with Gasteiger partial charge in [0.1, 0.15) is 17.1 Å². The van der Waals surface area contributed by atoms with Crippen LogP contribution in [-0.2, 0) is 23.4 Å². The molecular weight excluding hydrogens is 480 g/mol. The van der Waals surface area contributed by atoms with E-state index in [0.29, 0.717) is 30.5 Å². The number of fused-ring (bicyclic) bond motifs is 1. The van der Waals surface area contributed by atoms with Gasteiger partial charge < -0.3 is 14.6 Å². The van der Waals surface area contributed by atoms with Gasteiger partial charge in [0.15, 0.2) is 5.52 Å². The molecule has 0 bridgehead atoms. The van der Waals surface area contributed by atoms with E-state index in [1.165, 1.54) is 17.0 Å². The average Bonchev–Trinajstić information content (AvgIpc) is 3.56. The maximum absolute atomic E-state index is 13.4. The molecule has 2 aromatic heterocycles. The van der Waals surface area contributed by atoms with Gasteiger partial charge in [0.2, 0.25) is 10.0 Å². The van der Waals surface area contributed by atoms with Crippen molar-refractivity contribution in [3.8, 4) is 17.1 Å². The molecule has 3 aromatic rings. The molecule has 196 valence electrons. The lowest BCUT2D eigenvalue weighted by Gasteiger charge is -2.19. The minimum absolute atomic E-state index is 0.0635. The van der Waals surface area contributed by atoms with Crippen LogP contribution in [0.15, 0.2) is 27.9 Å². The summed E-state index contributed by atoms with van der Waals surface area (Å²) in [5.41, 5.74) is -3.10. The van der Waals surface area contributed by atoms with E-state index in [2.05, 4.69) is 19.8 Å². The van der Waals surface area contributed by atoms with Crippen LogP contribution in [0.25, 0.3) is 22.4 Å². The number of nitrogens with one attached hydrogen (secondary N) is 2. The number of aryl methyl sites for hydroxylation is 2. The van der Waals surface area contributed by atoms with Crippen molar-refractivity contribution in [3.05, 3.63) is 34.2 Å². The zero-order valence-corrected chi connectivity index (χ0v) is 20.8. The molecule has 1 aliphatic heterocycles. The molecule has 0 radical (unpaired) electrons. The fourth-order valence-electron chi connectivity index (χ4n) is 4.00. The Balaban J connectivity index is 1.82. The van der Waals surface area contributed by atoms with Gasteiger partial charge in [-0.1, -0.05) is 20.2 Å². The molecule has 2 atom stereocenters. The van der Waals surface area contributed by atoms with Crippen LogP contribution in [0.5, 0.6) is 5.75 Å². The fourth-order valence-corrected chi connectivity index (χ4v) is 4.97. The Labute approximate surface area is 227 Å². The number of benzene rings is 1. The van der Waals surface area contributed by atoms with Crippen LogP contribution in [-0.4, -0.2) is 65.8 Å². The van der Waals surface area contributed by atoms with E-state index >= 15 is 0 Å². The second-order valence-electron chi connectivity index (χ2n) is 8.30. The monoisotopic (exact) mass is 527 g/mol. The van der Waals surface area contributed by atoms with Crippen molar-refractivity contribution in [1.82, 2.24) is 29.4 Å². The van der Waals surface area contributed by atoms with Gasteiger partial charge in [-0.25, -0.2) is 18.1 Å². The van der Waals surface area contributed by atoms with E-state index in [1.54, 1.807) is 0 Å². The highest BCUT2D eigenvalue weighted by Crippen LogP contribution is 2.31. The summed E-state index contributed by atoms with van der Waals surface area (Å²) in [6, 6.07) is 3.07. The summed E-state index contributed by atoms with van der Waals surface area (Å²) in [4.78, 5) is 21.0. The highest BCUT2D eigenvalue weighted by Gasteiger charge is 2.23. The highest BCUT2D eigenvalue weighted by molar-refractivity contribution is 7.89. The van der Waals surface area contributed by atoms with Gasteiger partial charge in [-0.05, 0) is 63.8 Å². The molecule has 0 spiro atoms. The summed E-state index contributed by atoms with van der Waals surface area (Å²) in [6.07, 6.45) is -3.98. The van der Waals surface area contributed by atoms with Gasteiger partial charge in [-0.3, -0.25) is 9.48 Å². The fraction of sp³-hybridized carbons (Fsp3) is 0.560. The molecule has 1 fully saturated rings. The summed E-state index contributed by atoms with van der Waals surface area (Å²) >= 11 is 0. The molecule has 4 rings (SSSR count). The smallest absolute Gasteiger partial charge is 0.277 e. The SMILES string of the molecule is [2H]C(CC1CCCN1C([2H])([2H])[2H])NS(=O)(=O)c1ccc(OCCC)c(-c2nc3c(C([2H])([2H])C([2H])([2H])C)nn(C([2H])([2H])[2H])c3c(=O)[nH]2)c1. The van der Waals surface area contributed by atoms with Crippen LogP contribution in [0.4, 0.5) is 0 Å². The lowest BCUT2D eigenvalue weighted by atomic mass is 10.1. The summed E-state index contributed by atoms with van der Waals surface area (Å²) in [5.74, 6) is -0.278. The highest BCUT2D eigenvalue weighted by atomic mass is 32.2. The zero-order chi connectivity index (χ0) is 35.3. The molecule has 36 heavy (non-hydrogen) atoms. The van der Waals surface area contributed by atoms with Gasteiger partial charge in [-0.2, -0.15) is 5.10 Å². The Hall–Kier alpha value is -2.76. The predicted molar refractivity (Wildman–Crippen MR) is 140 cm³/mol. The zero-order valence-electron chi connectivity index (χ0n) is 31.0. The first-order valence-electron chi connectivity index (χ1n) is 17.1. The normalized spacial score (nSPS) is 23.6. The summed E-state index contributed by atoms with van der Waals surface area (Å²) in [5, 5.41) is 3.78. The maximum atomic E-state index is 13.4. The van der Waals surface area contributed by atoms with Crippen LogP contribution in [0.1, 0.15) is 66.7 Å². The van der Waals surface area contributed by atoms with Crippen molar-refractivity contribution >= 4 is 21.1 Å². The van der Waals surface area contributed by atoms with Crippen molar-refractivity contribution in [1.29, 1.82) is 0 Å². The van der Waals surface area contributed by atoms with Gasteiger partial charge in [-0.15, -0.1) is 0 Å². The Morgan fingerprint density at radius 3 is 2.94 bits per heavy atom. The quantitative estimate of drug-likeness (QED) is 0.393. The number of rotatable bonds is 11. The van der Waals surface area contributed by atoms with Crippen LogP contribution >= 0.6 is 0 Å². The summed E-state index contributed by atoms with van der Waals surface area (Å²) in [6.45, 7) is -3.64. The average molecular weight is 528 g/mol. The third kappa shape index (κ3) is 5.47. The lowest BCUT2D eigenvalue weighted by Crippen LogP contribution is -2.31. The molecule has 11 heteroatoms. The van der Waals surface area contributed by atoms with Gasteiger partial charge in [0.25, 0.3) is 5.56 Å². The molecule has 3 heterocycles. The largest absolute Gasteiger partial charge is 0.493 e. The van der Waals surface area contributed by atoms with Crippen LogP contribution in [0, 0.1) is 0 Å². The second-order valence-corrected chi connectivity index (χ2v) is 10.0. The topological polar surface area (TPSA) is 122 Å². The number of H-pyrrole nitrogens is 1. The number of likely N-dealkylation sites (tertiary alicyclic amines) is 1. The molecule has 1 aromatic carbocycles. The second kappa shape index (κ2) is 11.1. The predicted octanol–water partition coefficient (Wildman–Crippen LogP) is 2.83. The first kappa shape index (κ1) is 15.5. The van der Waals surface area contributed by atoms with Gasteiger partial charge >= 0.3 is 0 Å². The van der Waals surface area contributed by atoms with Gasteiger partial charge in [0, 0.05) is 34.6 Å². The molecule has 1 aliphatic rings. The van der Waals surface area contributed by atoms with E-state index in [1.807, 2.05) is 6.92 Å². The van der Waals surface area contributed by atoms with E-state index in [-0.39, 0.29) is 35.1 Å². The number of aromatic nitrogens is 4. The van der Waals surface area contributed by atoms with E-state index in [4.69, 9.17) is 19.8 Å². The molecule has 2 unspecified atom stereocenters. The van der Waals surface area contributed by atoms with Crippen molar-refractivity contribution in [3.63, 3.8) is 0 Å². The van der Waals surface area contributed by atoms with E-state index < -0.39 is 71.6 Å². The molecule has 0 amide bonds. The third-order valence-electron chi connectivity index (χ3n) is 5.76. The Morgan fingerprint density at radius 1 is 1.33 bits per heavy atom. The molecule has 0 aliphatic carbocycles. The van der Waals surface area contributed by atoms with Crippen LogP contribution < -0.4 is 15.0 Å². The first-order valence-corrected chi connectivity index (χ1v) is 13.0. The number of aromatic amines is 1. The number of sulfonamides is 1. The van der Waals surface area contributed by atoms with Crippen molar-refractivity contribution in [2.75, 3.05) is 26.6 Å². The minimum atomic E-state index is -4.41. The van der Waals surface area contributed by atoms with Crippen molar-refractivity contribution < 1.29 is 28.2 Å². The Kier molecular flexibility index (Phi) is 4.77. The minimum Gasteiger partial charge on any atom is -0.493 e. The van der Waals surface area contributed by atoms with E-state index in [9.17, 15) is 13.2 Å². The standard InChI is InChI=1S/C25H36N6O4S/c1-5-8-20-22-23(31(4)29-20)25(32)28-24(27-22)19-16-18(10-11-21(19)35-15-6-2)36(33,34)26-13-12-17-9-7-14-30(17)3/h10-11,16-17,26H,5-9,12-15H2,1-4H3,(H,27,28,32)/i3D3,4D3,5D2,8D2,13D. The van der Waals surface area contributed by atoms with Crippen LogP contribution in [0.3, 0.4) is 0 Å². The molecular formula is C25H36N6O4S. The third-order valence-corrected chi connectivity index (χ3v) is 7.11. The Morgan fingerprint density at radius 2 is 2.19 bits per heavy atom. The molecule has 10 nitrogen and oxygen atoms in total. The van der Waals surface area contributed by atoms with Crippen LogP contribution in [0.2, 0.25) is 0 Å². The molecule has 0 saturated carbocycles. The lowest BCUT2D eigenvalue weighted by molar-refractivity contribution is 0.297. The molecule has 1 saturated heterocycles. The number of ether oxygens (including phenoxy) is 1. The summed E-state index contributed by atoms with van der Waals surface area (Å²) in [7, 11) is -4.41. The first-order chi connectivity index (χ1) is 21.5. The van der Waals surface area contributed by atoms with Gasteiger partial charge in [0.05, 0.1) is 22.8 Å². The van der Waals surface area contributed by atoms with E-state index in [0.717, 1.165) is 13.0 Å². The molecule has 2 N–H and O–H groups in total. The Bertz CT molecular complexity index is 1780. The number of hydrogen-bond acceptors (Lipinski definition) is 7. The van der Waals surface area contributed by atoms with Crippen molar-refractivity contribution in [2.24, 2.45) is 6.98 Å². The number of nitrogens with zero attached hydrogens (tertiary/aromatic N) is 4. The maximum Gasteiger partial charge on any atom is 0.277 e. The van der Waals surface area contributed by atoms with Crippen molar-refractivity contribution in [2.45, 2.75) is 63.2 Å². The summed E-state index contributed by atoms with van der Waals surface area (Å²) < 4.78 is 123. The number of hydrogen-bond donors (Lipinski definition) is 2.